The number of oxazole rings is 1. The van der Waals surface area contributed by atoms with Gasteiger partial charge in [0, 0.05) is 5.56 Å². The number of carbonyl (C=O) groups is 1. The highest BCUT2D eigenvalue weighted by molar-refractivity contribution is 5.75. The fourth-order valence-corrected chi connectivity index (χ4v) is 2.28. The smallest absolute Gasteiger partial charge is 0.317 e. The maximum absolute atomic E-state index is 12.1. The SMILES string of the molecule is Cc1cccc(OC(=O)Cc2nc(-c3ccccc3)oc2C)c1. The summed E-state index contributed by atoms with van der Waals surface area (Å²) in [4.78, 5) is 16.5. The Labute approximate surface area is 134 Å². The van der Waals surface area contributed by atoms with Gasteiger partial charge in [-0.15, -0.1) is 0 Å². The highest BCUT2D eigenvalue weighted by Gasteiger charge is 2.16. The van der Waals surface area contributed by atoms with E-state index in [0.717, 1.165) is 11.1 Å². The molecule has 2 aromatic carbocycles. The summed E-state index contributed by atoms with van der Waals surface area (Å²) in [7, 11) is 0. The average Bonchev–Trinajstić information content (AvgIpc) is 2.89. The van der Waals surface area contributed by atoms with E-state index in [2.05, 4.69) is 4.98 Å². The zero-order chi connectivity index (χ0) is 16.2. The topological polar surface area (TPSA) is 52.3 Å². The normalized spacial score (nSPS) is 10.5. The lowest BCUT2D eigenvalue weighted by Crippen LogP contribution is -2.12. The lowest BCUT2D eigenvalue weighted by Gasteiger charge is -2.03. The van der Waals surface area contributed by atoms with Crippen LogP contribution in [0.25, 0.3) is 11.5 Å². The van der Waals surface area contributed by atoms with Crippen molar-refractivity contribution in [3.05, 3.63) is 71.6 Å². The van der Waals surface area contributed by atoms with Gasteiger partial charge >= 0.3 is 5.97 Å². The summed E-state index contributed by atoms with van der Waals surface area (Å²) in [5.41, 5.74) is 2.52. The third-order valence-electron chi connectivity index (χ3n) is 3.45. The minimum Gasteiger partial charge on any atom is -0.441 e. The van der Waals surface area contributed by atoms with Crippen molar-refractivity contribution in [2.45, 2.75) is 20.3 Å². The van der Waals surface area contributed by atoms with Crippen molar-refractivity contribution in [1.29, 1.82) is 0 Å². The lowest BCUT2D eigenvalue weighted by molar-refractivity contribution is -0.133. The van der Waals surface area contributed by atoms with Crippen molar-refractivity contribution in [2.75, 3.05) is 0 Å². The summed E-state index contributed by atoms with van der Waals surface area (Å²) in [6.45, 7) is 3.75. The number of hydrogen-bond donors (Lipinski definition) is 0. The molecule has 0 saturated carbocycles. The molecule has 0 aliphatic carbocycles. The van der Waals surface area contributed by atoms with Crippen LogP contribution < -0.4 is 4.74 Å². The van der Waals surface area contributed by atoms with Gasteiger partial charge in [-0.3, -0.25) is 4.79 Å². The van der Waals surface area contributed by atoms with Gasteiger partial charge in [0.1, 0.15) is 11.5 Å². The minimum atomic E-state index is -0.355. The Morgan fingerprint density at radius 1 is 1.09 bits per heavy atom. The average molecular weight is 307 g/mol. The molecular formula is C19H17NO3. The molecule has 0 bridgehead atoms. The molecule has 3 rings (SSSR count). The maximum atomic E-state index is 12.1. The number of aromatic nitrogens is 1. The largest absolute Gasteiger partial charge is 0.441 e. The molecule has 0 spiro atoms. The van der Waals surface area contributed by atoms with E-state index < -0.39 is 0 Å². The first kappa shape index (κ1) is 15.0. The first-order valence-electron chi connectivity index (χ1n) is 7.41. The summed E-state index contributed by atoms with van der Waals surface area (Å²) in [5.74, 6) is 1.33. The van der Waals surface area contributed by atoms with Crippen LogP contribution >= 0.6 is 0 Å². The van der Waals surface area contributed by atoms with Gasteiger partial charge in [-0.1, -0.05) is 30.3 Å². The van der Waals surface area contributed by atoms with Crippen LogP contribution in [0.5, 0.6) is 5.75 Å². The summed E-state index contributed by atoms with van der Waals surface area (Å²) in [6, 6.07) is 17.0. The molecular weight excluding hydrogens is 290 g/mol. The monoisotopic (exact) mass is 307 g/mol. The Morgan fingerprint density at radius 2 is 1.87 bits per heavy atom. The molecule has 23 heavy (non-hydrogen) atoms. The third kappa shape index (κ3) is 3.66. The van der Waals surface area contributed by atoms with Crippen LogP contribution in [0.15, 0.2) is 59.0 Å². The van der Waals surface area contributed by atoms with Gasteiger partial charge in [0.15, 0.2) is 0 Å². The molecule has 4 heteroatoms. The van der Waals surface area contributed by atoms with Gasteiger partial charge in [0.25, 0.3) is 0 Å². The molecule has 4 nitrogen and oxygen atoms in total. The second-order valence-electron chi connectivity index (χ2n) is 5.36. The number of carbonyl (C=O) groups excluding carboxylic acids is 1. The number of nitrogens with zero attached hydrogens (tertiary/aromatic N) is 1. The highest BCUT2D eigenvalue weighted by atomic mass is 16.5. The van der Waals surface area contributed by atoms with E-state index in [4.69, 9.17) is 9.15 Å². The number of ether oxygens (including phenoxy) is 1. The van der Waals surface area contributed by atoms with Gasteiger partial charge < -0.3 is 9.15 Å². The molecule has 0 aliphatic rings. The molecule has 1 heterocycles. The van der Waals surface area contributed by atoms with Crippen molar-refractivity contribution in [3.8, 4) is 17.2 Å². The number of esters is 1. The van der Waals surface area contributed by atoms with Crippen LogP contribution in [0.2, 0.25) is 0 Å². The molecule has 0 fully saturated rings. The van der Waals surface area contributed by atoms with E-state index in [9.17, 15) is 4.79 Å². The Morgan fingerprint density at radius 3 is 2.61 bits per heavy atom. The number of benzene rings is 2. The molecule has 0 aliphatic heterocycles. The zero-order valence-corrected chi connectivity index (χ0v) is 13.1. The van der Waals surface area contributed by atoms with Crippen LogP contribution in [0.4, 0.5) is 0 Å². The molecule has 0 atom stereocenters. The van der Waals surface area contributed by atoms with E-state index in [-0.39, 0.29) is 12.4 Å². The third-order valence-corrected chi connectivity index (χ3v) is 3.45. The van der Waals surface area contributed by atoms with E-state index in [1.54, 1.807) is 13.0 Å². The zero-order valence-electron chi connectivity index (χ0n) is 13.1. The highest BCUT2D eigenvalue weighted by Crippen LogP contribution is 2.22. The molecule has 116 valence electrons. The Bertz CT molecular complexity index is 822. The summed E-state index contributed by atoms with van der Waals surface area (Å²) >= 11 is 0. The Balaban J connectivity index is 1.73. The second-order valence-corrected chi connectivity index (χ2v) is 5.36. The quantitative estimate of drug-likeness (QED) is 0.538. The first-order chi connectivity index (χ1) is 11.1. The van der Waals surface area contributed by atoms with Crippen LogP contribution in [-0.2, 0) is 11.2 Å². The summed E-state index contributed by atoms with van der Waals surface area (Å²) in [6.07, 6.45) is 0.0795. The Hall–Kier alpha value is -2.88. The fourth-order valence-electron chi connectivity index (χ4n) is 2.28. The van der Waals surface area contributed by atoms with E-state index in [1.165, 1.54) is 0 Å². The molecule has 0 amide bonds. The van der Waals surface area contributed by atoms with E-state index >= 15 is 0 Å². The summed E-state index contributed by atoms with van der Waals surface area (Å²) < 4.78 is 11.0. The molecule has 0 saturated heterocycles. The lowest BCUT2D eigenvalue weighted by atomic mass is 10.2. The van der Waals surface area contributed by atoms with Crippen molar-refractivity contribution >= 4 is 5.97 Å². The van der Waals surface area contributed by atoms with Crippen LogP contribution in [0.1, 0.15) is 17.0 Å². The van der Waals surface area contributed by atoms with Crippen molar-refractivity contribution in [3.63, 3.8) is 0 Å². The number of rotatable bonds is 4. The standard InChI is InChI=1S/C19H17NO3/c1-13-7-6-10-16(11-13)23-18(21)12-17-14(2)22-19(20-17)15-8-4-3-5-9-15/h3-11H,12H2,1-2H3. The van der Waals surface area contributed by atoms with Gasteiger partial charge in [0.2, 0.25) is 5.89 Å². The van der Waals surface area contributed by atoms with Gasteiger partial charge in [-0.2, -0.15) is 0 Å². The predicted molar refractivity (Wildman–Crippen MR) is 87.2 cm³/mol. The molecule has 3 aromatic rings. The Kier molecular flexibility index (Phi) is 4.24. The van der Waals surface area contributed by atoms with E-state index in [0.29, 0.717) is 23.1 Å². The van der Waals surface area contributed by atoms with Gasteiger partial charge in [-0.05, 0) is 43.7 Å². The molecule has 0 unspecified atom stereocenters. The predicted octanol–water partition coefficient (Wildman–Crippen LogP) is 4.11. The molecule has 0 radical (unpaired) electrons. The van der Waals surface area contributed by atoms with Crippen molar-refractivity contribution in [1.82, 2.24) is 4.98 Å². The van der Waals surface area contributed by atoms with E-state index in [1.807, 2.05) is 55.5 Å². The van der Waals surface area contributed by atoms with Crippen molar-refractivity contribution < 1.29 is 13.9 Å². The van der Waals surface area contributed by atoms with Crippen molar-refractivity contribution in [2.24, 2.45) is 0 Å². The van der Waals surface area contributed by atoms with Crippen LogP contribution in [0, 0.1) is 13.8 Å². The summed E-state index contributed by atoms with van der Waals surface area (Å²) in [5, 5.41) is 0. The number of hydrogen-bond acceptors (Lipinski definition) is 4. The van der Waals surface area contributed by atoms with Crippen LogP contribution in [-0.4, -0.2) is 11.0 Å². The van der Waals surface area contributed by atoms with Crippen LogP contribution in [0.3, 0.4) is 0 Å². The second kappa shape index (κ2) is 6.48. The maximum Gasteiger partial charge on any atom is 0.317 e. The fraction of sp³-hybridized carbons (Fsp3) is 0.158. The van der Waals surface area contributed by atoms with Gasteiger partial charge in [0.05, 0.1) is 12.1 Å². The minimum absolute atomic E-state index is 0.0795. The molecule has 1 aromatic heterocycles. The number of aryl methyl sites for hydroxylation is 2. The van der Waals surface area contributed by atoms with Gasteiger partial charge in [-0.25, -0.2) is 4.98 Å². The molecule has 0 N–H and O–H groups in total. The first-order valence-corrected chi connectivity index (χ1v) is 7.41.